The van der Waals surface area contributed by atoms with E-state index in [9.17, 15) is 9.59 Å². The van der Waals surface area contributed by atoms with E-state index in [0.717, 1.165) is 30.8 Å². The lowest BCUT2D eigenvalue weighted by molar-refractivity contribution is 0.0526. The molecule has 0 spiro atoms. The van der Waals surface area contributed by atoms with Crippen LogP contribution in [0.5, 0.6) is 0 Å². The molecule has 2 rings (SSSR count). The van der Waals surface area contributed by atoms with Gasteiger partial charge in [0.15, 0.2) is 0 Å². The van der Waals surface area contributed by atoms with E-state index >= 15 is 0 Å². The number of carbonyl (C=O) groups excluding carboxylic acids is 2. The molecule has 1 fully saturated rings. The number of nitrogens with zero attached hydrogens (tertiary/aromatic N) is 2. The summed E-state index contributed by atoms with van der Waals surface area (Å²) in [5.41, 5.74) is 0.282. The van der Waals surface area contributed by atoms with Crippen molar-refractivity contribution < 1.29 is 14.3 Å². The lowest BCUT2D eigenvalue weighted by Gasteiger charge is -2.22. The van der Waals surface area contributed by atoms with Gasteiger partial charge in [-0.15, -0.1) is 11.3 Å². The first-order valence-corrected chi connectivity index (χ1v) is 8.18. The molecule has 1 N–H and O–H groups in total. The Kier molecular flexibility index (Phi) is 5.69. The van der Waals surface area contributed by atoms with Crippen molar-refractivity contribution in [2.45, 2.75) is 32.7 Å². The first kappa shape index (κ1) is 15.9. The van der Waals surface area contributed by atoms with Gasteiger partial charge in [0.25, 0.3) is 5.91 Å². The largest absolute Gasteiger partial charge is 0.461 e. The van der Waals surface area contributed by atoms with E-state index in [1.54, 1.807) is 12.3 Å². The summed E-state index contributed by atoms with van der Waals surface area (Å²) in [6.45, 7) is 6.89. The van der Waals surface area contributed by atoms with E-state index in [2.05, 4.69) is 22.1 Å². The van der Waals surface area contributed by atoms with Crippen LogP contribution in [-0.4, -0.2) is 54.0 Å². The number of likely N-dealkylation sites (tertiary alicyclic amines) is 1. The Morgan fingerprint density at radius 3 is 3.05 bits per heavy atom. The first-order chi connectivity index (χ1) is 10.2. The van der Waals surface area contributed by atoms with E-state index in [-0.39, 0.29) is 16.6 Å². The molecule has 7 heteroatoms. The molecule has 6 nitrogen and oxygen atoms in total. The van der Waals surface area contributed by atoms with Gasteiger partial charge in [0, 0.05) is 18.0 Å². The molecule has 0 saturated carbocycles. The Bertz CT molecular complexity index is 503. The molecule has 2 heterocycles. The number of nitrogens with one attached hydrogen (secondary N) is 1. The highest BCUT2D eigenvalue weighted by Gasteiger charge is 2.24. The van der Waals surface area contributed by atoms with Gasteiger partial charge in [0.1, 0.15) is 5.69 Å². The second kappa shape index (κ2) is 7.51. The average molecular weight is 311 g/mol. The molecule has 0 aliphatic carbocycles. The molecule has 1 aromatic rings. The van der Waals surface area contributed by atoms with Crippen LogP contribution in [-0.2, 0) is 4.74 Å². The predicted molar refractivity (Wildman–Crippen MR) is 80.7 cm³/mol. The fourth-order valence-electron chi connectivity index (χ4n) is 2.51. The molecule has 1 aliphatic heterocycles. The summed E-state index contributed by atoms with van der Waals surface area (Å²) in [4.78, 5) is 30.0. The van der Waals surface area contributed by atoms with Crippen molar-refractivity contribution >= 4 is 23.2 Å². The molecule has 1 amide bonds. The van der Waals surface area contributed by atoms with Gasteiger partial charge in [-0.25, -0.2) is 9.78 Å². The second-order valence-corrected chi connectivity index (χ2v) is 5.75. The number of carbonyl (C=O) groups is 2. The summed E-state index contributed by atoms with van der Waals surface area (Å²) in [6.07, 6.45) is 2.29. The van der Waals surface area contributed by atoms with Crippen molar-refractivity contribution in [1.82, 2.24) is 15.2 Å². The Morgan fingerprint density at radius 2 is 2.33 bits per heavy atom. The number of hydrogen-bond acceptors (Lipinski definition) is 6. The average Bonchev–Trinajstić information content (AvgIpc) is 3.13. The second-order valence-electron chi connectivity index (χ2n) is 4.89. The highest BCUT2D eigenvalue weighted by molar-refractivity contribution is 7.11. The van der Waals surface area contributed by atoms with Crippen LogP contribution in [0.1, 0.15) is 47.0 Å². The fourth-order valence-corrected chi connectivity index (χ4v) is 3.20. The lowest BCUT2D eigenvalue weighted by atomic mass is 10.2. The Balaban J connectivity index is 1.87. The topological polar surface area (TPSA) is 71.5 Å². The summed E-state index contributed by atoms with van der Waals surface area (Å²) in [7, 11) is 0. The van der Waals surface area contributed by atoms with E-state index in [0.29, 0.717) is 19.2 Å². The number of aromatic nitrogens is 1. The predicted octanol–water partition coefficient (Wildman–Crippen LogP) is 1.53. The highest BCUT2D eigenvalue weighted by Crippen LogP contribution is 2.16. The number of hydrogen-bond donors (Lipinski definition) is 1. The number of likely N-dealkylation sites (N-methyl/N-ethyl adjacent to an activating group) is 1. The normalized spacial score (nSPS) is 18.7. The van der Waals surface area contributed by atoms with Crippen LogP contribution in [0.15, 0.2) is 5.38 Å². The molecule has 116 valence electrons. The van der Waals surface area contributed by atoms with Gasteiger partial charge >= 0.3 is 5.97 Å². The van der Waals surface area contributed by atoms with Gasteiger partial charge in [-0.05, 0) is 32.9 Å². The van der Waals surface area contributed by atoms with E-state index in [1.165, 1.54) is 6.42 Å². The van der Waals surface area contributed by atoms with Gasteiger partial charge in [-0.1, -0.05) is 6.92 Å². The van der Waals surface area contributed by atoms with E-state index in [1.807, 2.05) is 0 Å². The maximum absolute atomic E-state index is 12.1. The third kappa shape index (κ3) is 4.01. The van der Waals surface area contributed by atoms with E-state index in [4.69, 9.17) is 4.74 Å². The van der Waals surface area contributed by atoms with Gasteiger partial charge in [0.2, 0.25) is 5.01 Å². The van der Waals surface area contributed by atoms with Crippen LogP contribution in [0, 0.1) is 0 Å². The molecule has 0 radical (unpaired) electrons. The smallest absolute Gasteiger partial charge is 0.367 e. The van der Waals surface area contributed by atoms with Crippen LogP contribution in [0.25, 0.3) is 0 Å². The van der Waals surface area contributed by atoms with Gasteiger partial charge in [0.05, 0.1) is 6.61 Å². The highest BCUT2D eigenvalue weighted by atomic mass is 32.1. The van der Waals surface area contributed by atoms with E-state index < -0.39 is 5.97 Å². The summed E-state index contributed by atoms with van der Waals surface area (Å²) in [5, 5.41) is 4.71. The number of rotatable bonds is 6. The number of esters is 1. The van der Waals surface area contributed by atoms with Crippen molar-refractivity contribution in [1.29, 1.82) is 0 Å². The zero-order chi connectivity index (χ0) is 15.2. The first-order valence-electron chi connectivity index (χ1n) is 7.30. The third-order valence-corrected chi connectivity index (χ3v) is 4.41. The van der Waals surface area contributed by atoms with Gasteiger partial charge in [-0.2, -0.15) is 0 Å². The standard InChI is InChI=1S/C14H21N3O3S/c1-3-17-7-5-6-10(17)8-15-12(18)11-9-21-13(16-11)14(19)20-4-2/h9-10H,3-8H2,1-2H3,(H,15,18). The van der Waals surface area contributed by atoms with Crippen LogP contribution in [0.3, 0.4) is 0 Å². The Hall–Kier alpha value is -1.47. The Morgan fingerprint density at radius 1 is 1.52 bits per heavy atom. The summed E-state index contributed by atoms with van der Waals surface area (Å²) in [5.74, 6) is -0.709. The van der Waals surface area contributed by atoms with Crippen molar-refractivity contribution in [2.24, 2.45) is 0 Å². The summed E-state index contributed by atoms with van der Waals surface area (Å²) >= 11 is 1.13. The molecule has 1 aliphatic rings. The quantitative estimate of drug-likeness (QED) is 0.807. The number of thiazole rings is 1. The molecule has 1 saturated heterocycles. The summed E-state index contributed by atoms with van der Waals surface area (Å²) < 4.78 is 4.86. The zero-order valence-electron chi connectivity index (χ0n) is 12.4. The van der Waals surface area contributed by atoms with Gasteiger partial charge < -0.3 is 10.1 Å². The molecular weight excluding hydrogens is 290 g/mol. The van der Waals surface area contributed by atoms with Crippen LogP contribution >= 0.6 is 11.3 Å². The fraction of sp³-hybridized carbons (Fsp3) is 0.643. The molecule has 1 aromatic heterocycles. The SMILES string of the molecule is CCOC(=O)c1nc(C(=O)NCC2CCCN2CC)cs1. The minimum absolute atomic E-state index is 0.220. The molecule has 0 bridgehead atoms. The number of amides is 1. The maximum atomic E-state index is 12.1. The van der Waals surface area contributed by atoms with Crippen molar-refractivity contribution in [3.63, 3.8) is 0 Å². The van der Waals surface area contributed by atoms with Crippen LogP contribution in [0.4, 0.5) is 0 Å². The Labute approximate surface area is 128 Å². The van der Waals surface area contributed by atoms with Crippen molar-refractivity contribution in [3.05, 3.63) is 16.1 Å². The van der Waals surface area contributed by atoms with Crippen molar-refractivity contribution in [2.75, 3.05) is 26.2 Å². The monoisotopic (exact) mass is 311 g/mol. The minimum atomic E-state index is -0.477. The molecule has 21 heavy (non-hydrogen) atoms. The molecule has 0 aromatic carbocycles. The summed E-state index contributed by atoms with van der Waals surface area (Å²) in [6, 6.07) is 0.405. The van der Waals surface area contributed by atoms with Crippen LogP contribution in [0.2, 0.25) is 0 Å². The van der Waals surface area contributed by atoms with Gasteiger partial charge in [-0.3, -0.25) is 9.69 Å². The lowest BCUT2D eigenvalue weighted by Crippen LogP contribution is -2.40. The number of ether oxygens (including phenoxy) is 1. The van der Waals surface area contributed by atoms with Crippen LogP contribution < -0.4 is 5.32 Å². The maximum Gasteiger partial charge on any atom is 0.367 e. The minimum Gasteiger partial charge on any atom is -0.461 e. The molecule has 1 atom stereocenters. The molecule has 1 unspecified atom stereocenters. The molecular formula is C14H21N3O3S. The zero-order valence-corrected chi connectivity index (χ0v) is 13.2. The third-order valence-electron chi connectivity index (χ3n) is 3.59. The van der Waals surface area contributed by atoms with Crippen molar-refractivity contribution in [3.8, 4) is 0 Å².